The Labute approximate surface area is 183 Å². The van der Waals surface area contributed by atoms with Gasteiger partial charge in [-0.3, -0.25) is 18.9 Å². The predicted octanol–water partition coefficient (Wildman–Crippen LogP) is 2.18. The van der Waals surface area contributed by atoms with Gasteiger partial charge in [0.1, 0.15) is 17.5 Å². The van der Waals surface area contributed by atoms with Crippen LogP contribution in [-0.4, -0.2) is 49.7 Å². The minimum Gasteiger partial charge on any atom is -0.352 e. The van der Waals surface area contributed by atoms with E-state index in [0.29, 0.717) is 23.0 Å². The highest BCUT2D eigenvalue weighted by molar-refractivity contribution is 7.92. The number of carbonyl (C=O) groups excluding carboxylic acids is 1. The van der Waals surface area contributed by atoms with Crippen LogP contribution < -0.4 is 20.4 Å². The van der Waals surface area contributed by atoms with Crippen LogP contribution in [-0.2, 0) is 14.9 Å². The van der Waals surface area contributed by atoms with Crippen LogP contribution in [0.25, 0.3) is 0 Å². The minimum absolute atomic E-state index is 0.112. The summed E-state index contributed by atoms with van der Waals surface area (Å²) in [7, 11) is -0.872. The molecule has 0 aromatic carbocycles. The number of nitrogens with zero attached hydrogens (tertiary/aromatic N) is 4. The Hall–Kier alpha value is -3.84. The van der Waals surface area contributed by atoms with Gasteiger partial charge in [0, 0.05) is 25.5 Å². The standard InChI is InChI=1S/C19H20FN7O4S/c1-27(32(3,29)30)16-6-7-21-11-15(16)24-14-8-18(23-10-13(14)19(28)26-31-2)25-17-5-4-12(20)9-22-17/h4-11H,1-3H3,(H,26,28)(H2,22,23,24,25). The van der Waals surface area contributed by atoms with Crippen molar-refractivity contribution in [1.82, 2.24) is 20.4 Å². The molecule has 11 nitrogen and oxygen atoms in total. The molecule has 3 N–H and O–H groups in total. The molecule has 0 saturated carbocycles. The number of hydrogen-bond acceptors (Lipinski definition) is 9. The minimum atomic E-state index is -3.56. The lowest BCUT2D eigenvalue weighted by molar-refractivity contribution is 0.0538. The third-order valence-electron chi connectivity index (χ3n) is 4.23. The summed E-state index contributed by atoms with van der Waals surface area (Å²) in [5.74, 6) is -0.451. The van der Waals surface area contributed by atoms with E-state index in [4.69, 9.17) is 4.84 Å². The molecule has 0 fully saturated rings. The number of pyridine rings is 3. The van der Waals surface area contributed by atoms with Crippen LogP contribution in [0.4, 0.5) is 33.1 Å². The fourth-order valence-corrected chi connectivity index (χ4v) is 3.13. The maximum Gasteiger partial charge on any atom is 0.278 e. The monoisotopic (exact) mass is 461 g/mol. The zero-order valence-electron chi connectivity index (χ0n) is 17.3. The molecule has 0 aliphatic carbocycles. The normalized spacial score (nSPS) is 11.0. The smallest absolute Gasteiger partial charge is 0.278 e. The van der Waals surface area contributed by atoms with Gasteiger partial charge in [-0.1, -0.05) is 0 Å². The number of sulfonamides is 1. The van der Waals surface area contributed by atoms with Crippen molar-refractivity contribution in [3.05, 3.63) is 60.4 Å². The second-order valence-corrected chi connectivity index (χ2v) is 8.50. The molecule has 0 aliphatic heterocycles. The molecule has 0 saturated heterocycles. The Kier molecular flexibility index (Phi) is 6.80. The van der Waals surface area contributed by atoms with E-state index in [9.17, 15) is 17.6 Å². The van der Waals surface area contributed by atoms with Gasteiger partial charge in [0.05, 0.1) is 48.4 Å². The second kappa shape index (κ2) is 9.53. The van der Waals surface area contributed by atoms with Crippen molar-refractivity contribution < 1.29 is 22.4 Å². The fraction of sp³-hybridized carbons (Fsp3) is 0.158. The van der Waals surface area contributed by atoms with Gasteiger partial charge in [0.25, 0.3) is 5.91 Å². The maximum atomic E-state index is 13.1. The number of amides is 1. The van der Waals surface area contributed by atoms with E-state index in [2.05, 4.69) is 31.1 Å². The van der Waals surface area contributed by atoms with Crippen molar-refractivity contribution in [3.8, 4) is 0 Å². The molecule has 3 aromatic rings. The summed E-state index contributed by atoms with van der Waals surface area (Å²) in [6.45, 7) is 0. The van der Waals surface area contributed by atoms with E-state index in [0.717, 1.165) is 16.8 Å². The summed E-state index contributed by atoms with van der Waals surface area (Å²) in [6, 6.07) is 5.68. The average molecular weight is 461 g/mol. The first-order valence-corrected chi connectivity index (χ1v) is 10.9. The first kappa shape index (κ1) is 22.8. The van der Waals surface area contributed by atoms with Crippen LogP contribution in [0, 0.1) is 5.82 Å². The summed E-state index contributed by atoms with van der Waals surface area (Å²) in [4.78, 5) is 29.2. The molecule has 13 heteroatoms. The van der Waals surface area contributed by atoms with Gasteiger partial charge in [0.15, 0.2) is 0 Å². The highest BCUT2D eigenvalue weighted by Crippen LogP contribution is 2.31. The highest BCUT2D eigenvalue weighted by Gasteiger charge is 2.19. The number of aromatic nitrogens is 3. The third kappa shape index (κ3) is 5.44. The van der Waals surface area contributed by atoms with Gasteiger partial charge in [-0.05, 0) is 18.2 Å². The van der Waals surface area contributed by atoms with E-state index >= 15 is 0 Å². The zero-order valence-corrected chi connectivity index (χ0v) is 18.1. The maximum absolute atomic E-state index is 13.1. The lowest BCUT2D eigenvalue weighted by Gasteiger charge is -2.21. The van der Waals surface area contributed by atoms with Crippen LogP contribution >= 0.6 is 0 Å². The molecule has 3 rings (SSSR count). The molecule has 0 bridgehead atoms. The quantitative estimate of drug-likeness (QED) is 0.431. The van der Waals surface area contributed by atoms with Crippen molar-refractivity contribution >= 4 is 44.6 Å². The van der Waals surface area contributed by atoms with E-state index in [1.54, 1.807) is 0 Å². The molecule has 168 valence electrons. The van der Waals surface area contributed by atoms with Crippen LogP contribution in [0.5, 0.6) is 0 Å². The van der Waals surface area contributed by atoms with Crippen LogP contribution in [0.2, 0.25) is 0 Å². The highest BCUT2D eigenvalue weighted by atomic mass is 32.2. The summed E-state index contributed by atoms with van der Waals surface area (Å²) in [5, 5.41) is 5.93. The van der Waals surface area contributed by atoms with E-state index in [-0.39, 0.29) is 11.3 Å². The average Bonchev–Trinajstić information content (AvgIpc) is 2.75. The number of nitrogens with one attached hydrogen (secondary N) is 3. The van der Waals surface area contributed by atoms with Crippen molar-refractivity contribution in [2.75, 3.05) is 35.4 Å². The number of rotatable bonds is 8. The molecular weight excluding hydrogens is 441 g/mol. The van der Waals surface area contributed by atoms with Gasteiger partial charge in [-0.25, -0.2) is 28.3 Å². The molecule has 0 aliphatic rings. The third-order valence-corrected chi connectivity index (χ3v) is 5.42. The molecule has 0 spiro atoms. The molecule has 0 radical (unpaired) electrons. The number of halogens is 1. The van der Waals surface area contributed by atoms with Gasteiger partial charge >= 0.3 is 0 Å². The van der Waals surface area contributed by atoms with Crippen LogP contribution in [0.3, 0.4) is 0 Å². The first-order valence-electron chi connectivity index (χ1n) is 9.06. The largest absolute Gasteiger partial charge is 0.352 e. The Morgan fingerprint density at radius 3 is 2.47 bits per heavy atom. The Bertz CT molecular complexity index is 1220. The molecule has 3 heterocycles. The van der Waals surface area contributed by atoms with Crippen LogP contribution in [0.15, 0.2) is 49.1 Å². The molecule has 0 atom stereocenters. The molecular formula is C19H20FN7O4S. The molecule has 0 unspecified atom stereocenters. The number of hydrogen-bond donors (Lipinski definition) is 3. The Morgan fingerprint density at radius 2 is 1.81 bits per heavy atom. The first-order chi connectivity index (χ1) is 15.2. The van der Waals surface area contributed by atoms with E-state index < -0.39 is 21.7 Å². The number of anilines is 5. The van der Waals surface area contributed by atoms with Gasteiger partial charge in [0.2, 0.25) is 10.0 Å². The summed E-state index contributed by atoms with van der Waals surface area (Å²) in [6.07, 6.45) is 6.27. The van der Waals surface area contributed by atoms with Gasteiger partial charge in [-0.2, -0.15) is 0 Å². The lowest BCUT2D eigenvalue weighted by Crippen LogP contribution is -2.26. The number of carbonyl (C=O) groups is 1. The SMILES string of the molecule is CONC(=O)c1cnc(Nc2ccc(F)cn2)cc1Nc1cnccc1N(C)S(C)(=O)=O. The Morgan fingerprint density at radius 1 is 1.06 bits per heavy atom. The van der Waals surface area contributed by atoms with Crippen molar-refractivity contribution in [1.29, 1.82) is 0 Å². The molecule has 32 heavy (non-hydrogen) atoms. The van der Waals surface area contributed by atoms with Crippen molar-refractivity contribution in [2.45, 2.75) is 0 Å². The van der Waals surface area contributed by atoms with Crippen molar-refractivity contribution in [3.63, 3.8) is 0 Å². The molecule has 3 aromatic heterocycles. The van der Waals surface area contributed by atoms with Crippen LogP contribution in [0.1, 0.15) is 10.4 Å². The van der Waals surface area contributed by atoms with Gasteiger partial charge in [-0.15, -0.1) is 0 Å². The number of hydroxylamine groups is 1. The summed E-state index contributed by atoms with van der Waals surface area (Å²) < 4.78 is 38.2. The fourth-order valence-electron chi connectivity index (χ4n) is 2.62. The topological polar surface area (TPSA) is 138 Å². The summed E-state index contributed by atoms with van der Waals surface area (Å²) >= 11 is 0. The second-order valence-electron chi connectivity index (χ2n) is 6.49. The van der Waals surface area contributed by atoms with Gasteiger partial charge < -0.3 is 10.6 Å². The van der Waals surface area contributed by atoms with E-state index in [1.165, 1.54) is 57.0 Å². The molecule has 1 amide bonds. The predicted molar refractivity (Wildman–Crippen MR) is 117 cm³/mol. The van der Waals surface area contributed by atoms with E-state index in [1.807, 2.05) is 0 Å². The zero-order chi connectivity index (χ0) is 23.3. The van der Waals surface area contributed by atoms with Crippen molar-refractivity contribution in [2.24, 2.45) is 0 Å². The lowest BCUT2D eigenvalue weighted by atomic mass is 10.2. The summed E-state index contributed by atoms with van der Waals surface area (Å²) in [5.41, 5.74) is 3.23. The Balaban J connectivity index is 2.01.